The van der Waals surface area contributed by atoms with Crippen molar-refractivity contribution in [1.29, 1.82) is 0 Å². The van der Waals surface area contributed by atoms with Gasteiger partial charge in [-0.3, -0.25) is 0 Å². The topological polar surface area (TPSA) is 17.0 Å². The van der Waals surface area contributed by atoms with E-state index in [0.29, 0.717) is 0 Å². The summed E-state index contributed by atoms with van der Waals surface area (Å²) in [5.74, 6) is 0. The van der Waals surface area contributed by atoms with Crippen molar-refractivity contribution in [3.8, 4) is 16.8 Å². The number of nitrogens with zero attached hydrogens (tertiary/aromatic N) is 1. The van der Waals surface area contributed by atoms with Gasteiger partial charge >= 0.3 is 0 Å². The molecule has 0 saturated carbocycles. The molecule has 0 amide bonds. The average Bonchev–Trinajstić information content (AvgIpc) is 3.56. The van der Waals surface area contributed by atoms with Gasteiger partial charge in [0.05, 0.1) is 11.0 Å². The highest BCUT2D eigenvalue weighted by molar-refractivity contribution is 7.25. The van der Waals surface area contributed by atoms with Crippen molar-refractivity contribution in [2.75, 3.05) is 0 Å². The number of thiophene rings is 1. The maximum Gasteiger partial charge on any atom is 0.0555 e. The molecule has 6 aromatic carbocycles. The zero-order valence-corrected chi connectivity index (χ0v) is 23.4. The fraction of sp³-hybridized carbons (Fsp3) is 0.0526. The largest absolute Gasteiger partial charge is 0.309 e. The Morgan fingerprint density at radius 3 is 1.88 bits per heavy atom. The SMILES string of the molecule is c1ccc(-c2ccc(CNCc3ccc(-n4c5ccccc5c5cc6c(cc54)sc4ccccc46)cc3)cc2)cc1. The molecule has 1 N–H and O–H groups in total. The van der Waals surface area contributed by atoms with Gasteiger partial charge < -0.3 is 9.88 Å². The predicted octanol–water partition coefficient (Wildman–Crippen LogP) is 10.1. The average molecular weight is 545 g/mol. The Bertz CT molecular complexity index is 2150. The molecule has 0 spiro atoms. The molecular formula is C38H28N2S. The van der Waals surface area contributed by atoms with E-state index in [9.17, 15) is 0 Å². The molecule has 0 aliphatic rings. The van der Waals surface area contributed by atoms with Crippen LogP contribution in [-0.4, -0.2) is 4.57 Å². The molecule has 2 nitrogen and oxygen atoms in total. The highest BCUT2D eigenvalue weighted by atomic mass is 32.1. The van der Waals surface area contributed by atoms with E-state index < -0.39 is 0 Å². The molecule has 2 aromatic heterocycles. The standard InChI is InChI=1S/C38H28N2S/c1-2-8-28(9-3-1)29-18-14-26(15-19-29)24-39-25-27-16-20-30(21-17-27)40-35-12-6-4-10-31(35)33-22-34-32-11-5-7-13-37(32)41-38(34)23-36(33)40/h1-23,39H,24-25H2. The third-order valence-electron chi connectivity index (χ3n) is 8.08. The van der Waals surface area contributed by atoms with Crippen LogP contribution in [0.2, 0.25) is 0 Å². The van der Waals surface area contributed by atoms with E-state index in [0.717, 1.165) is 13.1 Å². The number of benzene rings is 6. The molecule has 0 radical (unpaired) electrons. The summed E-state index contributed by atoms with van der Waals surface area (Å²) in [5.41, 5.74) is 8.77. The summed E-state index contributed by atoms with van der Waals surface area (Å²) in [6, 6.07) is 50.7. The van der Waals surface area contributed by atoms with Crippen LogP contribution in [0.4, 0.5) is 0 Å². The molecule has 41 heavy (non-hydrogen) atoms. The molecule has 0 aliphatic carbocycles. The van der Waals surface area contributed by atoms with Crippen LogP contribution in [0, 0.1) is 0 Å². The minimum Gasteiger partial charge on any atom is -0.309 e. The van der Waals surface area contributed by atoms with E-state index in [2.05, 4.69) is 149 Å². The van der Waals surface area contributed by atoms with E-state index in [1.54, 1.807) is 0 Å². The van der Waals surface area contributed by atoms with Crippen LogP contribution in [-0.2, 0) is 13.1 Å². The Morgan fingerprint density at radius 2 is 1.10 bits per heavy atom. The fourth-order valence-electron chi connectivity index (χ4n) is 6.03. The monoisotopic (exact) mass is 544 g/mol. The summed E-state index contributed by atoms with van der Waals surface area (Å²) in [7, 11) is 0. The van der Waals surface area contributed by atoms with Crippen LogP contribution in [0.15, 0.2) is 140 Å². The van der Waals surface area contributed by atoms with Crippen molar-refractivity contribution < 1.29 is 0 Å². The van der Waals surface area contributed by atoms with Crippen molar-refractivity contribution in [3.63, 3.8) is 0 Å². The van der Waals surface area contributed by atoms with Crippen LogP contribution in [0.3, 0.4) is 0 Å². The lowest BCUT2D eigenvalue weighted by Gasteiger charge is -2.10. The third kappa shape index (κ3) is 4.31. The van der Waals surface area contributed by atoms with Crippen molar-refractivity contribution in [2.45, 2.75) is 13.1 Å². The summed E-state index contributed by atoms with van der Waals surface area (Å²) in [6.07, 6.45) is 0. The van der Waals surface area contributed by atoms with Crippen molar-refractivity contribution in [1.82, 2.24) is 9.88 Å². The second kappa shape index (κ2) is 10.0. The number of rotatable bonds is 6. The zero-order chi connectivity index (χ0) is 27.2. The van der Waals surface area contributed by atoms with Gasteiger partial charge in [0.2, 0.25) is 0 Å². The Balaban J connectivity index is 1.06. The number of nitrogens with one attached hydrogen (secondary N) is 1. The van der Waals surface area contributed by atoms with Crippen LogP contribution in [0.25, 0.3) is 58.8 Å². The van der Waals surface area contributed by atoms with Gasteiger partial charge in [0.15, 0.2) is 0 Å². The molecular weight excluding hydrogens is 516 g/mol. The first-order valence-electron chi connectivity index (χ1n) is 14.1. The predicted molar refractivity (Wildman–Crippen MR) is 176 cm³/mol. The Labute approximate surface area is 243 Å². The van der Waals surface area contributed by atoms with E-state index >= 15 is 0 Å². The molecule has 0 fully saturated rings. The second-order valence-corrected chi connectivity index (χ2v) is 11.7. The van der Waals surface area contributed by atoms with Crippen molar-refractivity contribution in [2.24, 2.45) is 0 Å². The van der Waals surface area contributed by atoms with Gasteiger partial charge in [0.1, 0.15) is 0 Å². The number of fused-ring (bicyclic) bond motifs is 6. The molecule has 0 saturated heterocycles. The van der Waals surface area contributed by atoms with Gasteiger partial charge in [-0.15, -0.1) is 11.3 Å². The first-order chi connectivity index (χ1) is 20.3. The van der Waals surface area contributed by atoms with Gasteiger partial charge in [0, 0.05) is 49.7 Å². The lowest BCUT2D eigenvalue weighted by atomic mass is 10.0. The van der Waals surface area contributed by atoms with E-state index in [1.807, 2.05) is 11.3 Å². The van der Waals surface area contributed by atoms with Crippen LogP contribution < -0.4 is 5.32 Å². The molecule has 0 unspecified atom stereocenters. The summed E-state index contributed by atoms with van der Waals surface area (Å²) in [4.78, 5) is 0. The van der Waals surface area contributed by atoms with Crippen molar-refractivity contribution in [3.05, 3.63) is 151 Å². The van der Waals surface area contributed by atoms with Crippen LogP contribution in [0.1, 0.15) is 11.1 Å². The Kier molecular flexibility index (Phi) is 5.91. The third-order valence-corrected chi connectivity index (χ3v) is 9.22. The fourth-order valence-corrected chi connectivity index (χ4v) is 7.15. The van der Waals surface area contributed by atoms with Gasteiger partial charge in [-0.1, -0.05) is 103 Å². The summed E-state index contributed by atoms with van der Waals surface area (Å²) >= 11 is 1.88. The maximum absolute atomic E-state index is 3.62. The zero-order valence-electron chi connectivity index (χ0n) is 22.5. The van der Waals surface area contributed by atoms with Gasteiger partial charge in [-0.2, -0.15) is 0 Å². The number of hydrogen-bond donors (Lipinski definition) is 1. The minimum absolute atomic E-state index is 0.830. The van der Waals surface area contributed by atoms with Crippen LogP contribution >= 0.6 is 11.3 Å². The molecule has 3 heteroatoms. The van der Waals surface area contributed by atoms with Gasteiger partial charge in [-0.25, -0.2) is 0 Å². The molecule has 196 valence electrons. The summed E-state index contributed by atoms with van der Waals surface area (Å²) in [6.45, 7) is 1.67. The molecule has 2 heterocycles. The highest BCUT2D eigenvalue weighted by Gasteiger charge is 2.15. The summed E-state index contributed by atoms with van der Waals surface area (Å²) in [5, 5.41) is 8.91. The first kappa shape index (κ1) is 24.1. The lowest BCUT2D eigenvalue weighted by Crippen LogP contribution is -2.12. The molecule has 8 rings (SSSR count). The minimum atomic E-state index is 0.830. The van der Waals surface area contributed by atoms with E-state index in [4.69, 9.17) is 0 Å². The normalized spacial score (nSPS) is 11.7. The number of hydrogen-bond acceptors (Lipinski definition) is 2. The van der Waals surface area contributed by atoms with Gasteiger partial charge in [0.25, 0.3) is 0 Å². The van der Waals surface area contributed by atoms with Crippen molar-refractivity contribution >= 4 is 53.3 Å². The second-order valence-electron chi connectivity index (χ2n) is 10.6. The number of para-hydroxylation sites is 1. The quantitative estimate of drug-likeness (QED) is 0.220. The van der Waals surface area contributed by atoms with E-state index in [1.165, 1.54) is 69.9 Å². The van der Waals surface area contributed by atoms with Gasteiger partial charge in [-0.05, 0) is 58.7 Å². The Morgan fingerprint density at radius 1 is 0.463 bits per heavy atom. The smallest absolute Gasteiger partial charge is 0.0555 e. The highest BCUT2D eigenvalue weighted by Crippen LogP contribution is 2.40. The van der Waals surface area contributed by atoms with E-state index in [-0.39, 0.29) is 0 Å². The first-order valence-corrected chi connectivity index (χ1v) is 14.9. The summed E-state index contributed by atoms with van der Waals surface area (Å²) < 4.78 is 5.09. The maximum atomic E-state index is 3.62. The molecule has 0 atom stereocenters. The molecule has 0 bridgehead atoms. The molecule has 8 aromatic rings. The molecule has 0 aliphatic heterocycles. The van der Waals surface area contributed by atoms with Crippen LogP contribution in [0.5, 0.6) is 0 Å². The lowest BCUT2D eigenvalue weighted by molar-refractivity contribution is 0.693. The number of aromatic nitrogens is 1. The Hall–Kier alpha value is -4.70.